The second-order valence-corrected chi connectivity index (χ2v) is 9.00. The van der Waals surface area contributed by atoms with Gasteiger partial charge in [0.2, 0.25) is 11.8 Å². The molecule has 3 rings (SSSR count). The summed E-state index contributed by atoms with van der Waals surface area (Å²) in [5, 5.41) is 0. The lowest BCUT2D eigenvalue weighted by atomic mass is 9.91. The second-order valence-electron chi connectivity index (χ2n) is 9.00. The Morgan fingerprint density at radius 1 is 0.935 bits per heavy atom. The molecule has 0 radical (unpaired) electrons. The number of amides is 3. The monoisotopic (exact) mass is 428 g/mol. The zero-order chi connectivity index (χ0) is 22.5. The van der Waals surface area contributed by atoms with Crippen molar-refractivity contribution in [1.82, 2.24) is 9.80 Å². The summed E-state index contributed by atoms with van der Waals surface area (Å²) in [6.07, 6.45) is 2.69. The Morgan fingerprint density at radius 3 is 1.94 bits per heavy atom. The smallest absolute Gasteiger partial charge is 0.253 e. The van der Waals surface area contributed by atoms with E-state index in [0.717, 1.165) is 12.2 Å². The van der Waals surface area contributed by atoms with Crippen LogP contribution in [0, 0.1) is 11.8 Å². The lowest BCUT2D eigenvalue weighted by molar-refractivity contribution is -0.139. The molecule has 0 atom stereocenters. The van der Waals surface area contributed by atoms with E-state index < -0.39 is 0 Å². The number of carbonyl (C=O) groups excluding carboxylic acids is 3. The van der Waals surface area contributed by atoms with Crippen LogP contribution in [0.1, 0.15) is 56.8 Å². The van der Waals surface area contributed by atoms with Crippen molar-refractivity contribution in [3.05, 3.63) is 29.8 Å². The average Bonchev–Trinajstić information content (AvgIpc) is 2.79. The van der Waals surface area contributed by atoms with Crippen molar-refractivity contribution in [3.63, 3.8) is 0 Å². The first-order chi connectivity index (χ1) is 14.8. The first-order valence-electron chi connectivity index (χ1n) is 11.6. The number of nitrogens with two attached hydrogens (primary N) is 1. The van der Waals surface area contributed by atoms with Gasteiger partial charge in [0.25, 0.3) is 5.91 Å². The Hall–Kier alpha value is -2.57. The van der Waals surface area contributed by atoms with Crippen molar-refractivity contribution in [3.8, 4) is 0 Å². The van der Waals surface area contributed by atoms with Crippen molar-refractivity contribution in [2.24, 2.45) is 17.6 Å². The molecule has 1 aromatic carbocycles. The van der Waals surface area contributed by atoms with Crippen LogP contribution in [-0.4, -0.2) is 66.3 Å². The molecule has 1 aromatic rings. The van der Waals surface area contributed by atoms with Gasteiger partial charge < -0.3 is 20.4 Å². The quantitative estimate of drug-likeness (QED) is 0.754. The van der Waals surface area contributed by atoms with Crippen molar-refractivity contribution < 1.29 is 14.4 Å². The van der Waals surface area contributed by atoms with Gasteiger partial charge in [0.1, 0.15) is 0 Å². The van der Waals surface area contributed by atoms with Gasteiger partial charge in [0.15, 0.2) is 0 Å². The number of rotatable bonds is 6. The predicted octanol–water partition coefficient (Wildman–Crippen LogP) is 2.50. The standard InChI is InChI=1S/C24H36N4O3/c1-4-28(17(2)3)21-7-5-19(6-8-21)23(30)27-15-11-20(12-16-27)24(31)26-13-9-18(10-14-26)22(25)29/h5-8,17-18,20H,4,9-16H2,1-3H3,(H2,25,29). The van der Waals surface area contributed by atoms with Gasteiger partial charge in [0.05, 0.1) is 0 Å². The first kappa shape index (κ1) is 23.1. The van der Waals surface area contributed by atoms with Crippen molar-refractivity contribution in [1.29, 1.82) is 0 Å². The molecule has 7 heteroatoms. The number of anilines is 1. The van der Waals surface area contributed by atoms with Crippen LogP contribution in [0.3, 0.4) is 0 Å². The van der Waals surface area contributed by atoms with E-state index >= 15 is 0 Å². The maximum atomic E-state index is 12.9. The number of likely N-dealkylation sites (tertiary alicyclic amines) is 2. The Labute approximate surface area is 185 Å². The summed E-state index contributed by atoms with van der Waals surface area (Å²) in [4.78, 5) is 43.1. The van der Waals surface area contributed by atoms with Gasteiger partial charge in [-0.05, 0) is 70.7 Å². The maximum absolute atomic E-state index is 12.9. The Kier molecular flexibility index (Phi) is 7.57. The Balaban J connectivity index is 1.52. The minimum absolute atomic E-state index is 0.0346. The third kappa shape index (κ3) is 5.38. The summed E-state index contributed by atoms with van der Waals surface area (Å²) in [5.41, 5.74) is 7.20. The van der Waals surface area contributed by atoms with Crippen LogP contribution in [0.5, 0.6) is 0 Å². The average molecular weight is 429 g/mol. The van der Waals surface area contributed by atoms with E-state index in [2.05, 4.69) is 25.7 Å². The molecule has 170 valence electrons. The topological polar surface area (TPSA) is 87.0 Å². The summed E-state index contributed by atoms with van der Waals surface area (Å²) in [6, 6.07) is 8.25. The SMILES string of the molecule is CCN(c1ccc(C(=O)N2CCC(C(=O)N3CCC(C(N)=O)CC3)CC2)cc1)C(C)C. The van der Waals surface area contributed by atoms with Gasteiger partial charge in [-0.25, -0.2) is 0 Å². The normalized spacial score (nSPS) is 18.3. The summed E-state index contributed by atoms with van der Waals surface area (Å²) >= 11 is 0. The van der Waals surface area contributed by atoms with Crippen LogP contribution < -0.4 is 10.6 Å². The molecular formula is C24H36N4O3. The molecule has 0 bridgehead atoms. The fourth-order valence-corrected chi connectivity index (χ4v) is 4.80. The highest BCUT2D eigenvalue weighted by molar-refractivity contribution is 5.94. The molecule has 0 aliphatic carbocycles. The highest BCUT2D eigenvalue weighted by Gasteiger charge is 2.33. The molecule has 0 spiro atoms. The van der Waals surface area contributed by atoms with Gasteiger partial charge in [0, 0.05) is 61.9 Å². The summed E-state index contributed by atoms with van der Waals surface area (Å²) in [5.74, 6) is -0.223. The third-order valence-electron chi connectivity index (χ3n) is 6.75. The molecule has 2 fully saturated rings. The largest absolute Gasteiger partial charge is 0.369 e. The predicted molar refractivity (Wildman–Crippen MR) is 122 cm³/mol. The van der Waals surface area contributed by atoms with E-state index in [1.807, 2.05) is 34.1 Å². The molecule has 2 N–H and O–H groups in total. The zero-order valence-electron chi connectivity index (χ0n) is 19.0. The molecule has 2 heterocycles. The van der Waals surface area contributed by atoms with E-state index in [1.165, 1.54) is 0 Å². The number of hydrogen-bond acceptors (Lipinski definition) is 4. The minimum atomic E-state index is -0.265. The number of benzene rings is 1. The van der Waals surface area contributed by atoms with Crippen molar-refractivity contribution in [2.45, 2.75) is 52.5 Å². The third-order valence-corrected chi connectivity index (χ3v) is 6.75. The van der Waals surface area contributed by atoms with Crippen LogP contribution in [-0.2, 0) is 9.59 Å². The van der Waals surface area contributed by atoms with Crippen molar-refractivity contribution in [2.75, 3.05) is 37.6 Å². The first-order valence-corrected chi connectivity index (χ1v) is 11.6. The fourth-order valence-electron chi connectivity index (χ4n) is 4.80. The van der Waals surface area contributed by atoms with Crippen LogP contribution in [0.4, 0.5) is 5.69 Å². The highest BCUT2D eigenvalue weighted by Crippen LogP contribution is 2.25. The molecular weight excluding hydrogens is 392 g/mol. The minimum Gasteiger partial charge on any atom is -0.369 e. The lowest BCUT2D eigenvalue weighted by Gasteiger charge is -2.36. The van der Waals surface area contributed by atoms with Crippen LogP contribution in [0.2, 0.25) is 0 Å². The number of carbonyl (C=O) groups is 3. The fraction of sp³-hybridized carbons (Fsp3) is 0.625. The van der Waals surface area contributed by atoms with E-state index in [1.54, 1.807) is 0 Å². The van der Waals surface area contributed by atoms with Gasteiger partial charge in [-0.2, -0.15) is 0 Å². The molecule has 2 saturated heterocycles. The Bertz CT molecular complexity index is 777. The number of nitrogens with zero attached hydrogens (tertiary/aromatic N) is 3. The molecule has 7 nitrogen and oxygen atoms in total. The summed E-state index contributed by atoms with van der Waals surface area (Å²) in [6.45, 7) is 9.77. The highest BCUT2D eigenvalue weighted by atomic mass is 16.2. The molecule has 0 aromatic heterocycles. The van der Waals surface area contributed by atoms with Crippen LogP contribution in [0.25, 0.3) is 0 Å². The number of piperidine rings is 2. The maximum Gasteiger partial charge on any atom is 0.253 e. The second kappa shape index (κ2) is 10.2. The molecule has 3 amide bonds. The Morgan fingerprint density at radius 2 is 1.45 bits per heavy atom. The molecule has 2 aliphatic heterocycles. The van der Waals surface area contributed by atoms with Gasteiger partial charge >= 0.3 is 0 Å². The van der Waals surface area contributed by atoms with E-state index in [9.17, 15) is 14.4 Å². The van der Waals surface area contributed by atoms with E-state index in [-0.39, 0.29) is 29.6 Å². The molecule has 31 heavy (non-hydrogen) atoms. The number of primary amides is 1. The van der Waals surface area contributed by atoms with E-state index in [4.69, 9.17) is 5.73 Å². The van der Waals surface area contributed by atoms with Gasteiger partial charge in [-0.1, -0.05) is 0 Å². The lowest BCUT2D eigenvalue weighted by Crippen LogP contribution is -2.47. The van der Waals surface area contributed by atoms with Crippen LogP contribution >= 0.6 is 0 Å². The summed E-state index contributed by atoms with van der Waals surface area (Å²) in [7, 11) is 0. The van der Waals surface area contributed by atoms with E-state index in [0.29, 0.717) is 63.5 Å². The summed E-state index contributed by atoms with van der Waals surface area (Å²) < 4.78 is 0. The van der Waals surface area contributed by atoms with Crippen molar-refractivity contribution >= 4 is 23.4 Å². The van der Waals surface area contributed by atoms with Gasteiger partial charge in [-0.15, -0.1) is 0 Å². The van der Waals surface area contributed by atoms with Gasteiger partial charge in [-0.3, -0.25) is 14.4 Å². The molecule has 2 aliphatic rings. The molecule has 0 saturated carbocycles. The number of hydrogen-bond donors (Lipinski definition) is 1. The van der Waals surface area contributed by atoms with Crippen LogP contribution in [0.15, 0.2) is 24.3 Å². The molecule has 0 unspecified atom stereocenters. The zero-order valence-corrected chi connectivity index (χ0v) is 19.0.